The third-order valence-corrected chi connectivity index (χ3v) is 3.70. The lowest BCUT2D eigenvalue weighted by Gasteiger charge is -2.16. The van der Waals surface area contributed by atoms with Gasteiger partial charge in [0.05, 0.1) is 11.6 Å². The fourth-order valence-electron chi connectivity index (χ4n) is 2.67. The number of aromatic nitrogens is 1. The molecule has 0 spiro atoms. The number of hydrogen-bond acceptors (Lipinski definition) is 2. The van der Waals surface area contributed by atoms with Crippen LogP contribution in [0.3, 0.4) is 0 Å². The number of carbonyl (C=O) groups is 1. The first kappa shape index (κ1) is 11.8. The van der Waals surface area contributed by atoms with Crippen molar-refractivity contribution in [2.45, 2.75) is 19.4 Å². The Bertz CT molecular complexity index is 660. The Morgan fingerprint density at radius 2 is 2.05 bits per heavy atom. The van der Waals surface area contributed by atoms with E-state index in [0.717, 1.165) is 36.8 Å². The molecule has 0 N–H and O–H groups in total. The minimum atomic E-state index is 0.164. The number of amides is 1. The molecule has 2 heterocycles. The highest BCUT2D eigenvalue weighted by Gasteiger charge is 2.18. The summed E-state index contributed by atoms with van der Waals surface area (Å²) >= 11 is 0. The van der Waals surface area contributed by atoms with Crippen molar-refractivity contribution in [1.82, 2.24) is 9.47 Å². The van der Waals surface area contributed by atoms with Crippen LogP contribution in [0.15, 0.2) is 30.5 Å². The molecule has 1 amide bonds. The number of fused-ring (bicyclic) bond motifs is 1. The number of nitrogens with zero attached hydrogens (tertiary/aromatic N) is 3. The number of benzene rings is 1. The molecule has 96 valence electrons. The molecule has 0 aliphatic carbocycles. The topological polar surface area (TPSA) is 49.0 Å². The molecular weight excluding hydrogens is 238 g/mol. The lowest BCUT2D eigenvalue weighted by Crippen LogP contribution is -2.30. The van der Waals surface area contributed by atoms with Crippen molar-refractivity contribution < 1.29 is 4.79 Å². The molecular formula is C15H15N3O. The van der Waals surface area contributed by atoms with Gasteiger partial charge in [-0.25, -0.2) is 0 Å². The van der Waals surface area contributed by atoms with E-state index in [0.29, 0.717) is 12.1 Å². The van der Waals surface area contributed by atoms with Crippen LogP contribution in [0, 0.1) is 11.3 Å². The fraction of sp³-hybridized carbons (Fsp3) is 0.333. The number of nitriles is 1. The van der Waals surface area contributed by atoms with Crippen LogP contribution >= 0.6 is 0 Å². The van der Waals surface area contributed by atoms with Crippen LogP contribution in [-0.2, 0) is 11.3 Å². The number of carbonyl (C=O) groups excluding carboxylic acids is 1. The van der Waals surface area contributed by atoms with E-state index in [1.807, 2.05) is 33.9 Å². The zero-order chi connectivity index (χ0) is 13.2. The Labute approximate surface area is 111 Å². The van der Waals surface area contributed by atoms with E-state index in [-0.39, 0.29) is 5.91 Å². The largest absolute Gasteiger partial charge is 0.341 e. The monoisotopic (exact) mass is 253 g/mol. The summed E-state index contributed by atoms with van der Waals surface area (Å²) in [5.41, 5.74) is 1.61. The predicted molar refractivity (Wildman–Crippen MR) is 72.5 cm³/mol. The molecule has 19 heavy (non-hydrogen) atoms. The van der Waals surface area contributed by atoms with Crippen LogP contribution in [0.2, 0.25) is 0 Å². The van der Waals surface area contributed by atoms with Crippen LogP contribution in [0.5, 0.6) is 0 Å². The van der Waals surface area contributed by atoms with Gasteiger partial charge in [0, 0.05) is 30.2 Å². The molecule has 0 saturated carbocycles. The minimum absolute atomic E-state index is 0.164. The molecule has 2 aromatic rings. The Kier molecular flexibility index (Phi) is 2.96. The molecule has 1 fully saturated rings. The highest BCUT2D eigenvalue weighted by Crippen LogP contribution is 2.20. The highest BCUT2D eigenvalue weighted by atomic mass is 16.2. The average molecular weight is 253 g/mol. The summed E-state index contributed by atoms with van der Waals surface area (Å²) < 4.78 is 1.93. The van der Waals surface area contributed by atoms with Crippen molar-refractivity contribution in [3.8, 4) is 6.07 Å². The third-order valence-electron chi connectivity index (χ3n) is 3.70. The zero-order valence-corrected chi connectivity index (χ0v) is 10.7. The van der Waals surface area contributed by atoms with E-state index in [1.165, 1.54) is 0 Å². The SMILES string of the molecule is N#Cc1cccc2c1ccn2CC(=O)N1CCCC1. The van der Waals surface area contributed by atoms with E-state index in [2.05, 4.69) is 6.07 Å². The summed E-state index contributed by atoms with van der Waals surface area (Å²) in [6.45, 7) is 2.11. The predicted octanol–water partition coefficient (Wildman–Crippen LogP) is 2.14. The van der Waals surface area contributed by atoms with Crippen molar-refractivity contribution >= 4 is 16.8 Å². The number of hydrogen-bond donors (Lipinski definition) is 0. The first-order valence-electron chi connectivity index (χ1n) is 6.55. The van der Waals surface area contributed by atoms with E-state index in [4.69, 9.17) is 5.26 Å². The van der Waals surface area contributed by atoms with Crippen molar-refractivity contribution in [1.29, 1.82) is 5.26 Å². The highest BCUT2D eigenvalue weighted by molar-refractivity contribution is 5.87. The Morgan fingerprint density at radius 3 is 2.79 bits per heavy atom. The van der Waals surface area contributed by atoms with Gasteiger partial charge in [0.2, 0.25) is 5.91 Å². The molecule has 1 saturated heterocycles. The molecule has 1 aliphatic heterocycles. The fourth-order valence-corrected chi connectivity index (χ4v) is 2.67. The van der Waals surface area contributed by atoms with Gasteiger partial charge < -0.3 is 9.47 Å². The maximum atomic E-state index is 12.2. The summed E-state index contributed by atoms with van der Waals surface area (Å²) in [6.07, 6.45) is 4.10. The second-order valence-corrected chi connectivity index (χ2v) is 4.88. The Hall–Kier alpha value is -2.28. The summed E-state index contributed by atoms with van der Waals surface area (Å²) in [5.74, 6) is 0.164. The molecule has 4 nitrogen and oxygen atoms in total. The number of rotatable bonds is 2. The minimum Gasteiger partial charge on any atom is -0.341 e. The molecule has 0 radical (unpaired) electrons. The van der Waals surface area contributed by atoms with E-state index >= 15 is 0 Å². The quantitative estimate of drug-likeness (QED) is 0.823. The van der Waals surface area contributed by atoms with Gasteiger partial charge in [-0.15, -0.1) is 0 Å². The maximum absolute atomic E-state index is 12.2. The summed E-state index contributed by atoms with van der Waals surface area (Å²) in [7, 11) is 0. The van der Waals surface area contributed by atoms with Crippen LogP contribution in [0.25, 0.3) is 10.9 Å². The smallest absolute Gasteiger partial charge is 0.242 e. The van der Waals surface area contributed by atoms with Gasteiger partial charge in [0.15, 0.2) is 0 Å². The van der Waals surface area contributed by atoms with Gasteiger partial charge in [-0.1, -0.05) is 6.07 Å². The van der Waals surface area contributed by atoms with Gasteiger partial charge >= 0.3 is 0 Å². The normalized spacial score (nSPS) is 14.8. The summed E-state index contributed by atoms with van der Waals surface area (Å²) in [6, 6.07) is 9.70. The van der Waals surface area contributed by atoms with Gasteiger partial charge in [-0.3, -0.25) is 4.79 Å². The third kappa shape index (κ3) is 2.08. The second kappa shape index (κ2) is 4.77. The molecule has 1 aromatic carbocycles. The maximum Gasteiger partial charge on any atom is 0.242 e. The van der Waals surface area contributed by atoms with Crippen LogP contribution in [-0.4, -0.2) is 28.5 Å². The van der Waals surface area contributed by atoms with Crippen molar-refractivity contribution in [2.24, 2.45) is 0 Å². The van der Waals surface area contributed by atoms with E-state index in [9.17, 15) is 4.79 Å². The number of likely N-dealkylation sites (tertiary alicyclic amines) is 1. The zero-order valence-electron chi connectivity index (χ0n) is 10.7. The Balaban J connectivity index is 1.89. The first-order valence-corrected chi connectivity index (χ1v) is 6.55. The van der Waals surface area contributed by atoms with Gasteiger partial charge in [0.1, 0.15) is 6.54 Å². The molecule has 0 bridgehead atoms. The van der Waals surface area contributed by atoms with E-state index in [1.54, 1.807) is 6.07 Å². The van der Waals surface area contributed by atoms with Gasteiger partial charge in [0.25, 0.3) is 0 Å². The Morgan fingerprint density at radius 1 is 1.26 bits per heavy atom. The molecule has 1 aliphatic rings. The lowest BCUT2D eigenvalue weighted by molar-refractivity contribution is -0.130. The summed E-state index contributed by atoms with van der Waals surface area (Å²) in [5, 5.41) is 9.98. The van der Waals surface area contributed by atoms with Crippen LogP contribution < -0.4 is 0 Å². The second-order valence-electron chi connectivity index (χ2n) is 4.88. The van der Waals surface area contributed by atoms with Crippen molar-refractivity contribution in [3.05, 3.63) is 36.0 Å². The van der Waals surface area contributed by atoms with Crippen molar-refractivity contribution in [2.75, 3.05) is 13.1 Å². The van der Waals surface area contributed by atoms with E-state index < -0.39 is 0 Å². The lowest BCUT2D eigenvalue weighted by atomic mass is 10.1. The molecule has 0 atom stereocenters. The van der Waals surface area contributed by atoms with Gasteiger partial charge in [-0.05, 0) is 31.0 Å². The standard InChI is InChI=1S/C15H15N3O/c16-10-12-4-3-5-14-13(12)6-9-18(14)11-15(19)17-7-1-2-8-17/h3-6,9H,1-2,7-8,11H2. The van der Waals surface area contributed by atoms with Gasteiger partial charge in [-0.2, -0.15) is 5.26 Å². The molecule has 0 unspecified atom stereocenters. The molecule has 1 aromatic heterocycles. The average Bonchev–Trinajstić information content (AvgIpc) is 3.08. The van der Waals surface area contributed by atoms with Crippen LogP contribution in [0.4, 0.5) is 0 Å². The van der Waals surface area contributed by atoms with Crippen LogP contribution in [0.1, 0.15) is 18.4 Å². The first-order chi connectivity index (χ1) is 9.29. The molecule has 3 rings (SSSR count). The summed E-state index contributed by atoms with van der Waals surface area (Å²) in [4.78, 5) is 14.1. The van der Waals surface area contributed by atoms with Crippen molar-refractivity contribution in [3.63, 3.8) is 0 Å². The molecule has 4 heteroatoms.